The van der Waals surface area contributed by atoms with Crippen molar-refractivity contribution in [3.8, 4) is 11.4 Å². The molecule has 0 spiro atoms. The first kappa shape index (κ1) is 20.6. The molecule has 1 heterocycles. The maximum absolute atomic E-state index is 9.64. The summed E-state index contributed by atoms with van der Waals surface area (Å²) in [5.74, 6) is 1.59. The Balaban J connectivity index is 0.00000243. The van der Waals surface area contributed by atoms with Crippen molar-refractivity contribution in [2.45, 2.75) is 51.3 Å². The van der Waals surface area contributed by atoms with E-state index >= 15 is 0 Å². The average molecular weight is 470 g/mol. The molecule has 0 bridgehead atoms. The minimum Gasteiger partial charge on any atom is -0.393 e. The fraction of sp³-hybridized carbons (Fsp3) is 0.500. The Kier molecular flexibility index (Phi) is 8.30. The van der Waals surface area contributed by atoms with Gasteiger partial charge < -0.3 is 15.7 Å². The molecular formula is C18H27IN6O. The number of halogens is 1. The number of aromatic nitrogens is 3. The summed E-state index contributed by atoms with van der Waals surface area (Å²) in [6.07, 6.45) is 5.04. The summed E-state index contributed by atoms with van der Waals surface area (Å²) in [6.45, 7) is 3.47. The van der Waals surface area contributed by atoms with Crippen LogP contribution in [0.2, 0.25) is 0 Å². The van der Waals surface area contributed by atoms with Gasteiger partial charge in [0.1, 0.15) is 6.33 Å². The maximum atomic E-state index is 9.64. The standard InChI is InChI=1S/C18H26N6O.HI/c1-2-19-18(23-15-6-8-16(25)9-7-15)20-11-13-4-3-5-14(10-13)17-21-12-22-24-17;/h3-5,10,12,15-16,25H,2,6-9,11H2,1H3,(H2,19,20,23)(H,21,22,24);1H. The Labute approximate surface area is 171 Å². The number of benzene rings is 1. The zero-order valence-corrected chi connectivity index (χ0v) is 17.3. The first-order valence-corrected chi connectivity index (χ1v) is 8.92. The van der Waals surface area contributed by atoms with Crippen LogP contribution in [0.5, 0.6) is 0 Å². The Morgan fingerprint density at radius 3 is 2.81 bits per heavy atom. The first-order chi connectivity index (χ1) is 12.2. The van der Waals surface area contributed by atoms with Crippen molar-refractivity contribution < 1.29 is 5.11 Å². The van der Waals surface area contributed by atoms with E-state index in [0.29, 0.717) is 12.6 Å². The molecule has 0 atom stereocenters. The lowest BCUT2D eigenvalue weighted by atomic mass is 9.93. The molecule has 7 nitrogen and oxygen atoms in total. The third kappa shape index (κ3) is 5.94. The van der Waals surface area contributed by atoms with E-state index in [-0.39, 0.29) is 30.1 Å². The van der Waals surface area contributed by atoms with Crippen molar-refractivity contribution in [3.63, 3.8) is 0 Å². The summed E-state index contributed by atoms with van der Waals surface area (Å²) in [7, 11) is 0. The molecule has 0 saturated heterocycles. The second-order valence-electron chi connectivity index (χ2n) is 6.38. The molecule has 1 aromatic carbocycles. The van der Waals surface area contributed by atoms with Gasteiger partial charge in [0.25, 0.3) is 0 Å². The number of aliphatic hydroxyl groups excluding tert-OH is 1. The van der Waals surface area contributed by atoms with Crippen LogP contribution in [0.1, 0.15) is 38.2 Å². The van der Waals surface area contributed by atoms with Crippen LogP contribution >= 0.6 is 24.0 Å². The molecule has 142 valence electrons. The molecule has 1 fully saturated rings. The number of aromatic amines is 1. The molecule has 2 aromatic rings. The number of H-pyrrole nitrogens is 1. The predicted octanol–water partition coefficient (Wildman–Crippen LogP) is 2.45. The lowest BCUT2D eigenvalue weighted by molar-refractivity contribution is 0.120. The summed E-state index contributed by atoms with van der Waals surface area (Å²) in [6, 6.07) is 8.52. The molecule has 0 radical (unpaired) electrons. The van der Waals surface area contributed by atoms with Crippen LogP contribution in [0, 0.1) is 0 Å². The van der Waals surface area contributed by atoms with Crippen LogP contribution in [0.4, 0.5) is 0 Å². The first-order valence-electron chi connectivity index (χ1n) is 8.92. The molecule has 1 aliphatic rings. The quantitative estimate of drug-likeness (QED) is 0.306. The molecule has 4 N–H and O–H groups in total. The summed E-state index contributed by atoms with van der Waals surface area (Å²) in [4.78, 5) is 8.89. The van der Waals surface area contributed by atoms with Crippen molar-refractivity contribution in [1.82, 2.24) is 25.8 Å². The zero-order chi connectivity index (χ0) is 17.5. The number of rotatable bonds is 5. The minimum absolute atomic E-state index is 0. The SMILES string of the molecule is CCNC(=NCc1cccc(-c2ncn[nH]2)c1)NC1CCC(O)CC1.I. The van der Waals surface area contributed by atoms with E-state index in [4.69, 9.17) is 4.99 Å². The molecule has 0 aliphatic heterocycles. The van der Waals surface area contributed by atoms with E-state index in [0.717, 1.165) is 55.1 Å². The fourth-order valence-corrected chi connectivity index (χ4v) is 3.07. The number of aliphatic hydroxyl groups is 1. The van der Waals surface area contributed by atoms with Crippen LogP contribution in [0.15, 0.2) is 35.6 Å². The second-order valence-corrected chi connectivity index (χ2v) is 6.38. The van der Waals surface area contributed by atoms with Gasteiger partial charge in [0.15, 0.2) is 11.8 Å². The number of aliphatic imine (C=N–C) groups is 1. The molecular weight excluding hydrogens is 443 g/mol. The third-order valence-electron chi connectivity index (χ3n) is 4.42. The van der Waals surface area contributed by atoms with E-state index in [9.17, 15) is 5.11 Å². The van der Waals surface area contributed by atoms with Gasteiger partial charge in [0, 0.05) is 18.2 Å². The molecule has 3 rings (SSSR count). The highest BCUT2D eigenvalue weighted by Crippen LogP contribution is 2.18. The van der Waals surface area contributed by atoms with E-state index in [1.165, 1.54) is 6.33 Å². The van der Waals surface area contributed by atoms with Crippen LogP contribution < -0.4 is 10.6 Å². The predicted molar refractivity (Wildman–Crippen MR) is 113 cm³/mol. The Morgan fingerprint density at radius 1 is 1.31 bits per heavy atom. The van der Waals surface area contributed by atoms with E-state index in [2.05, 4.69) is 44.9 Å². The van der Waals surface area contributed by atoms with Gasteiger partial charge in [-0.2, -0.15) is 5.10 Å². The highest BCUT2D eigenvalue weighted by atomic mass is 127. The van der Waals surface area contributed by atoms with Crippen molar-refractivity contribution in [1.29, 1.82) is 0 Å². The third-order valence-corrected chi connectivity index (χ3v) is 4.42. The topological polar surface area (TPSA) is 98.2 Å². The van der Waals surface area contributed by atoms with E-state index in [1.54, 1.807) is 0 Å². The van der Waals surface area contributed by atoms with E-state index in [1.807, 2.05) is 12.1 Å². The molecule has 0 unspecified atom stereocenters. The van der Waals surface area contributed by atoms with Gasteiger partial charge in [0.2, 0.25) is 0 Å². The van der Waals surface area contributed by atoms with Crippen LogP contribution in [0.25, 0.3) is 11.4 Å². The van der Waals surface area contributed by atoms with Crippen molar-refractivity contribution in [2.75, 3.05) is 6.54 Å². The van der Waals surface area contributed by atoms with Gasteiger partial charge in [-0.25, -0.2) is 9.98 Å². The average Bonchev–Trinajstić information content (AvgIpc) is 3.17. The van der Waals surface area contributed by atoms with Gasteiger partial charge in [-0.3, -0.25) is 5.10 Å². The Morgan fingerprint density at radius 2 is 2.12 bits per heavy atom. The van der Waals surface area contributed by atoms with Gasteiger partial charge in [-0.15, -0.1) is 24.0 Å². The molecule has 26 heavy (non-hydrogen) atoms. The summed E-state index contributed by atoms with van der Waals surface area (Å²) in [5, 5.41) is 23.2. The minimum atomic E-state index is -0.142. The zero-order valence-electron chi connectivity index (χ0n) is 15.0. The van der Waals surface area contributed by atoms with Crippen molar-refractivity contribution in [2.24, 2.45) is 4.99 Å². The van der Waals surface area contributed by atoms with Crippen molar-refractivity contribution >= 4 is 29.9 Å². The molecule has 1 aliphatic carbocycles. The van der Waals surface area contributed by atoms with Crippen LogP contribution in [-0.2, 0) is 6.54 Å². The largest absolute Gasteiger partial charge is 0.393 e. The molecule has 8 heteroatoms. The smallest absolute Gasteiger partial charge is 0.191 e. The number of hydrogen-bond donors (Lipinski definition) is 4. The van der Waals surface area contributed by atoms with Gasteiger partial charge >= 0.3 is 0 Å². The summed E-state index contributed by atoms with van der Waals surface area (Å²) < 4.78 is 0. The monoisotopic (exact) mass is 470 g/mol. The maximum Gasteiger partial charge on any atom is 0.191 e. The molecule has 1 aromatic heterocycles. The van der Waals surface area contributed by atoms with Gasteiger partial charge in [-0.05, 0) is 44.2 Å². The molecule has 0 amide bonds. The van der Waals surface area contributed by atoms with E-state index < -0.39 is 0 Å². The summed E-state index contributed by atoms with van der Waals surface area (Å²) in [5.41, 5.74) is 2.12. The highest BCUT2D eigenvalue weighted by molar-refractivity contribution is 14.0. The number of hydrogen-bond acceptors (Lipinski definition) is 4. The lowest BCUT2D eigenvalue weighted by Crippen LogP contribution is -2.45. The normalized spacial score (nSPS) is 20.3. The highest BCUT2D eigenvalue weighted by Gasteiger charge is 2.19. The lowest BCUT2D eigenvalue weighted by Gasteiger charge is -2.27. The van der Waals surface area contributed by atoms with Crippen LogP contribution in [0.3, 0.4) is 0 Å². The van der Waals surface area contributed by atoms with Gasteiger partial charge in [-0.1, -0.05) is 18.2 Å². The number of nitrogens with zero attached hydrogens (tertiary/aromatic N) is 3. The molecule has 1 saturated carbocycles. The fourth-order valence-electron chi connectivity index (χ4n) is 3.07. The number of guanidine groups is 1. The second kappa shape index (κ2) is 10.5. The Bertz CT molecular complexity index is 683. The Hall–Kier alpha value is -1.68. The van der Waals surface area contributed by atoms with Crippen LogP contribution in [-0.4, -0.2) is 44.9 Å². The van der Waals surface area contributed by atoms with Crippen molar-refractivity contribution in [3.05, 3.63) is 36.2 Å². The van der Waals surface area contributed by atoms with Gasteiger partial charge in [0.05, 0.1) is 12.6 Å². The summed E-state index contributed by atoms with van der Waals surface area (Å²) >= 11 is 0. The number of nitrogens with one attached hydrogen (secondary N) is 3.